The first-order chi connectivity index (χ1) is 8.95. The van der Waals surface area contributed by atoms with E-state index < -0.39 is 11.9 Å². The minimum absolute atomic E-state index is 0.0232. The molecule has 5 nitrogen and oxygen atoms in total. The molecular formula is C11H9I2O5S-. The van der Waals surface area contributed by atoms with Gasteiger partial charge >= 0.3 is 5.97 Å². The zero-order valence-electron chi connectivity index (χ0n) is 9.52. The number of benzene rings is 1. The number of rotatable bonds is 6. The van der Waals surface area contributed by atoms with E-state index in [9.17, 15) is 14.7 Å². The van der Waals surface area contributed by atoms with Crippen molar-refractivity contribution in [3.05, 3.63) is 24.8 Å². The van der Waals surface area contributed by atoms with Crippen LogP contribution in [-0.4, -0.2) is 30.9 Å². The number of ether oxygens (including phenoxy) is 2. The maximum atomic E-state index is 10.8. The number of aromatic carboxylic acids is 1. The van der Waals surface area contributed by atoms with Crippen molar-refractivity contribution in [2.45, 2.75) is 0 Å². The maximum absolute atomic E-state index is 10.8. The largest absolute Gasteiger partial charge is 0.545 e. The summed E-state index contributed by atoms with van der Waals surface area (Å²) >= 11 is 7.72. The Morgan fingerprint density at radius 1 is 1.21 bits per heavy atom. The summed E-state index contributed by atoms with van der Waals surface area (Å²) < 4.78 is 11.6. The summed E-state index contributed by atoms with van der Waals surface area (Å²) in [5.74, 6) is -1.06. The number of carbonyl (C=O) groups excluding carboxylic acids is 2. The SMILES string of the molecule is O=C(CS)OCCOc1c(I)cc(C(=O)[O-])cc1I. The molecule has 0 saturated heterocycles. The van der Waals surface area contributed by atoms with Crippen molar-refractivity contribution < 1.29 is 24.2 Å². The standard InChI is InChI=1S/C11H10I2O5S/c12-7-3-6(11(15)16)4-8(13)10(7)18-2-1-17-9(14)5-19/h3-4,19H,1-2,5H2,(H,15,16)/p-1. The number of hydrogen-bond acceptors (Lipinski definition) is 6. The summed E-state index contributed by atoms with van der Waals surface area (Å²) in [6, 6.07) is 2.93. The predicted octanol–water partition coefficient (Wildman–Crippen LogP) is 1.11. The smallest absolute Gasteiger partial charge is 0.315 e. The van der Waals surface area contributed by atoms with E-state index in [1.165, 1.54) is 12.1 Å². The number of thiol groups is 1. The number of esters is 1. The van der Waals surface area contributed by atoms with Crippen molar-refractivity contribution in [3.8, 4) is 5.75 Å². The third-order valence-corrected chi connectivity index (χ3v) is 3.82. The fraction of sp³-hybridized carbons (Fsp3) is 0.273. The van der Waals surface area contributed by atoms with E-state index in [0.717, 1.165) is 0 Å². The van der Waals surface area contributed by atoms with Crippen LogP contribution in [0.2, 0.25) is 0 Å². The summed E-state index contributed by atoms with van der Waals surface area (Å²) in [5, 5.41) is 10.8. The molecule has 0 aliphatic carbocycles. The van der Waals surface area contributed by atoms with Gasteiger partial charge in [0, 0.05) is 0 Å². The first kappa shape index (κ1) is 16.8. The molecule has 1 aromatic rings. The fourth-order valence-electron chi connectivity index (χ4n) is 1.16. The average molecular weight is 507 g/mol. The van der Waals surface area contributed by atoms with Crippen molar-refractivity contribution in [1.29, 1.82) is 0 Å². The monoisotopic (exact) mass is 507 g/mol. The molecule has 19 heavy (non-hydrogen) atoms. The van der Waals surface area contributed by atoms with E-state index in [1.807, 2.05) is 45.2 Å². The molecule has 0 saturated carbocycles. The molecule has 0 unspecified atom stereocenters. The molecule has 0 bridgehead atoms. The third-order valence-electron chi connectivity index (χ3n) is 1.96. The van der Waals surface area contributed by atoms with Gasteiger partial charge in [0.05, 0.1) is 18.9 Å². The Bertz CT molecular complexity index is 469. The van der Waals surface area contributed by atoms with Crippen molar-refractivity contribution in [1.82, 2.24) is 0 Å². The van der Waals surface area contributed by atoms with Gasteiger partial charge in [0.2, 0.25) is 0 Å². The number of hydrogen-bond donors (Lipinski definition) is 1. The fourth-order valence-corrected chi connectivity index (χ4v) is 3.33. The van der Waals surface area contributed by atoms with E-state index in [1.54, 1.807) is 0 Å². The van der Waals surface area contributed by atoms with E-state index in [2.05, 4.69) is 12.6 Å². The number of carboxylic acid groups (broad SMARTS) is 1. The topological polar surface area (TPSA) is 75.7 Å². The Hall–Kier alpha value is -0.230. The van der Waals surface area contributed by atoms with Crippen LogP contribution in [0.3, 0.4) is 0 Å². The van der Waals surface area contributed by atoms with Gasteiger partial charge in [-0.25, -0.2) is 0 Å². The van der Waals surface area contributed by atoms with E-state index in [4.69, 9.17) is 9.47 Å². The summed E-state index contributed by atoms with van der Waals surface area (Å²) in [7, 11) is 0. The van der Waals surface area contributed by atoms with Gasteiger partial charge < -0.3 is 19.4 Å². The molecule has 0 N–H and O–H groups in total. The third kappa shape index (κ3) is 5.34. The van der Waals surface area contributed by atoms with Gasteiger partial charge in [-0.2, -0.15) is 12.6 Å². The highest BCUT2D eigenvalue weighted by molar-refractivity contribution is 14.1. The molecule has 0 aliphatic heterocycles. The molecule has 1 rings (SSSR count). The van der Waals surface area contributed by atoms with Gasteiger partial charge in [-0.3, -0.25) is 4.79 Å². The van der Waals surface area contributed by atoms with Crippen LogP contribution in [0.5, 0.6) is 5.75 Å². The van der Waals surface area contributed by atoms with Crippen LogP contribution in [0.1, 0.15) is 10.4 Å². The molecule has 8 heteroatoms. The lowest BCUT2D eigenvalue weighted by Crippen LogP contribution is -2.22. The molecule has 0 heterocycles. The molecule has 0 fully saturated rings. The molecule has 1 aromatic carbocycles. The summed E-state index contributed by atoms with van der Waals surface area (Å²) in [5.41, 5.74) is 0.0997. The first-order valence-electron chi connectivity index (χ1n) is 5.05. The van der Waals surface area contributed by atoms with Crippen molar-refractivity contribution in [2.75, 3.05) is 19.0 Å². The molecule has 0 spiro atoms. The van der Waals surface area contributed by atoms with Crippen LogP contribution in [0, 0.1) is 7.14 Å². The minimum Gasteiger partial charge on any atom is -0.545 e. The van der Waals surface area contributed by atoms with Gasteiger partial charge in [-0.05, 0) is 62.9 Å². The molecular weight excluding hydrogens is 498 g/mol. The van der Waals surface area contributed by atoms with Gasteiger partial charge in [-0.15, -0.1) is 0 Å². The molecule has 104 valence electrons. The van der Waals surface area contributed by atoms with Gasteiger partial charge in [-0.1, -0.05) is 0 Å². The van der Waals surface area contributed by atoms with Crippen molar-refractivity contribution >= 4 is 69.7 Å². The maximum Gasteiger partial charge on any atom is 0.315 e. The van der Waals surface area contributed by atoms with Crippen LogP contribution in [0.4, 0.5) is 0 Å². The molecule has 0 amide bonds. The van der Waals surface area contributed by atoms with Gasteiger partial charge in [0.25, 0.3) is 0 Å². The normalized spacial score (nSPS) is 10.1. The second-order valence-corrected chi connectivity index (χ2v) is 5.92. The lowest BCUT2D eigenvalue weighted by atomic mass is 10.2. The summed E-state index contributed by atoms with van der Waals surface area (Å²) in [4.78, 5) is 21.6. The highest BCUT2D eigenvalue weighted by Crippen LogP contribution is 2.28. The predicted molar refractivity (Wildman–Crippen MR) is 86.5 cm³/mol. The second kappa shape index (κ2) is 8.15. The van der Waals surface area contributed by atoms with Crippen molar-refractivity contribution in [3.63, 3.8) is 0 Å². The average Bonchev–Trinajstić information content (AvgIpc) is 2.36. The Kier molecular flexibility index (Phi) is 7.21. The number of halogens is 2. The zero-order chi connectivity index (χ0) is 14.4. The van der Waals surface area contributed by atoms with Crippen LogP contribution in [-0.2, 0) is 9.53 Å². The Balaban J connectivity index is 2.64. The quantitative estimate of drug-likeness (QED) is 0.271. The molecule has 0 radical (unpaired) electrons. The lowest BCUT2D eigenvalue weighted by molar-refractivity contribution is -0.255. The second-order valence-electron chi connectivity index (χ2n) is 3.28. The van der Waals surface area contributed by atoms with Gasteiger partial charge in [0.15, 0.2) is 0 Å². The highest BCUT2D eigenvalue weighted by Gasteiger charge is 2.10. The molecule has 0 aliphatic rings. The minimum atomic E-state index is -1.23. The first-order valence-corrected chi connectivity index (χ1v) is 7.84. The van der Waals surface area contributed by atoms with Crippen LogP contribution in [0.15, 0.2) is 12.1 Å². The van der Waals surface area contributed by atoms with E-state index in [0.29, 0.717) is 12.9 Å². The van der Waals surface area contributed by atoms with Gasteiger partial charge in [0.1, 0.15) is 19.0 Å². The lowest BCUT2D eigenvalue weighted by Gasteiger charge is -2.12. The number of carbonyl (C=O) groups is 2. The Morgan fingerprint density at radius 3 is 2.26 bits per heavy atom. The highest BCUT2D eigenvalue weighted by atomic mass is 127. The van der Waals surface area contributed by atoms with Crippen LogP contribution in [0.25, 0.3) is 0 Å². The Labute approximate surface area is 142 Å². The van der Waals surface area contributed by atoms with E-state index in [-0.39, 0.29) is 24.5 Å². The molecule has 0 atom stereocenters. The molecule has 0 aromatic heterocycles. The summed E-state index contributed by atoms with van der Waals surface area (Å²) in [6.07, 6.45) is 0. The number of carboxylic acids is 1. The zero-order valence-corrected chi connectivity index (χ0v) is 14.7. The van der Waals surface area contributed by atoms with Crippen molar-refractivity contribution in [2.24, 2.45) is 0 Å². The van der Waals surface area contributed by atoms with Crippen LogP contribution < -0.4 is 9.84 Å². The Morgan fingerprint density at radius 2 is 1.79 bits per heavy atom. The van der Waals surface area contributed by atoms with E-state index >= 15 is 0 Å². The van der Waals surface area contributed by atoms with Crippen LogP contribution >= 0.6 is 57.8 Å². The summed E-state index contributed by atoms with van der Waals surface area (Å²) in [6.45, 7) is 0.310.